The largest absolute Gasteiger partial charge is 0.479 e. The Balaban J connectivity index is 2.26. The summed E-state index contributed by atoms with van der Waals surface area (Å²) in [6.45, 7) is 0. The van der Waals surface area contributed by atoms with Crippen LogP contribution in [0.3, 0.4) is 0 Å². The van der Waals surface area contributed by atoms with Crippen molar-refractivity contribution in [3.05, 3.63) is 46.0 Å². The highest BCUT2D eigenvalue weighted by Gasteiger charge is 2.19. The fourth-order valence-corrected chi connectivity index (χ4v) is 1.87. The number of nitro groups is 1. The second kappa shape index (κ2) is 5.32. The van der Waals surface area contributed by atoms with Crippen molar-refractivity contribution in [2.45, 2.75) is 25.4 Å². The van der Waals surface area contributed by atoms with E-state index in [-0.39, 0.29) is 23.1 Å². The van der Waals surface area contributed by atoms with Crippen LogP contribution in [0.5, 0.6) is 5.75 Å². The predicted octanol–water partition coefficient (Wildman–Crippen LogP) is 2.95. The Morgan fingerprint density at radius 2 is 2.33 bits per heavy atom. The third-order valence-electron chi connectivity index (χ3n) is 2.77. The zero-order chi connectivity index (χ0) is 13.0. The Morgan fingerprint density at radius 3 is 2.94 bits per heavy atom. The molecule has 0 N–H and O–H groups in total. The minimum Gasteiger partial charge on any atom is -0.479 e. The molecule has 0 radical (unpaired) electrons. The van der Waals surface area contributed by atoms with Gasteiger partial charge in [0, 0.05) is 6.07 Å². The summed E-state index contributed by atoms with van der Waals surface area (Å²) in [6.07, 6.45) is 6.72. The maximum Gasteiger partial charge on any atom is 0.312 e. The molecule has 5 nitrogen and oxygen atoms in total. The fourth-order valence-electron chi connectivity index (χ4n) is 1.87. The molecule has 0 aliphatic heterocycles. The van der Waals surface area contributed by atoms with E-state index in [4.69, 9.17) is 10.00 Å². The molecule has 18 heavy (non-hydrogen) atoms. The number of nitrogens with zero attached hydrogens (tertiary/aromatic N) is 2. The van der Waals surface area contributed by atoms with Crippen molar-refractivity contribution in [3.63, 3.8) is 0 Å². The summed E-state index contributed by atoms with van der Waals surface area (Å²) >= 11 is 0. The number of hydrogen-bond donors (Lipinski definition) is 0. The van der Waals surface area contributed by atoms with Crippen LogP contribution in [-0.4, -0.2) is 11.0 Å². The van der Waals surface area contributed by atoms with E-state index in [0.717, 1.165) is 19.3 Å². The van der Waals surface area contributed by atoms with Crippen molar-refractivity contribution in [1.29, 1.82) is 5.26 Å². The van der Waals surface area contributed by atoms with E-state index in [1.165, 1.54) is 18.2 Å². The highest BCUT2D eigenvalue weighted by molar-refractivity contribution is 5.51. The van der Waals surface area contributed by atoms with Crippen LogP contribution in [0.4, 0.5) is 5.69 Å². The van der Waals surface area contributed by atoms with Crippen LogP contribution in [0, 0.1) is 21.4 Å². The van der Waals surface area contributed by atoms with E-state index < -0.39 is 4.92 Å². The van der Waals surface area contributed by atoms with Crippen LogP contribution in [0.25, 0.3) is 0 Å². The first-order chi connectivity index (χ1) is 8.70. The number of nitriles is 1. The molecule has 0 fully saturated rings. The molecule has 0 saturated carbocycles. The first-order valence-electron chi connectivity index (χ1n) is 5.72. The van der Waals surface area contributed by atoms with E-state index in [1.807, 2.05) is 18.2 Å². The van der Waals surface area contributed by atoms with Gasteiger partial charge in [-0.3, -0.25) is 10.1 Å². The number of benzene rings is 1. The van der Waals surface area contributed by atoms with Crippen LogP contribution >= 0.6 is 0 Å². The molecule has 0 spiro atoms. The summed E-state index contributed by atoms with van der Waals surface area (Å²) in [7, 11) is 0. The predicted molar refractivity (Wildman–Crippen MR) is 65.2 cm³/mol. The van der Waals surface area contributed by atoms with Gasteiger partial charge in [-0.05, 0) is 37.5 Å². The van der Waals surface area contributed by atoms with Gasteiger partial charge in [0.25, 0.3) is 0 Å². The normalized spacial score (nSPS) is 18.1. The Morgan fingerprint density at radius 1 is 1.50 bits per heavy atom. The van der Waals surface area contributed by atoms with Gasteiger partial charge in [0.1, 0.15) is 6.10 Å². The van der Waals surface area contributed by atoms with Crippen molar-refractivity contribution in [2.75, 3.05) is 0 Å². The molecule has 1 unspecified atom stereocenters. The third kappa shape index (κ3) is 2.66. The van der Waals surface area contributed by atoms with E-state index >= 15 is 0 Å². The molecule has 1 aliphatic carbocycles. The molecule has 0 heterocycles. The van der Waals surface area contributed by atoms with Gasteiger partial charge in [-0.1, -0.05) is 6.08 Å². The minimum atomic E-state index is -0.525. The Labute approximate surface area is 104 Å². The molecule has 5 heteroatoms. The lowest BCUT2D eigenvalue weighted by molar-refractivity contribution is -0.386. The zero-order valence-electron chi connectivity index (χ0n) is 9.70. The SMILES string of the molecule is N#Cc1ccc(OC2C=CCCC2)c([N+](=O)[O-])c1. The molecule has 1 aromatic carbocycles. The molecule has 0 aromatic heterocycles. The second-order valence-electron chi connectivity index (χ2n) is 4.07. The topological polar surface area (TPSA) is 76.2 Å². The van der Waals surface area contributed by atoms with Crippen LogP contribution in [0.2, 0.25) is 0 Å². The maximum absolute atomic E-state index is 10.9. The van der Waals surface area contributed by atoms with Crippen LogP contribution in [0.15, 0.2) is 30.4 Å². The molecule has 92 valence electrons. The van der Waals surface area contributed by atoms with Gasteiger partial charge in [0.2, 0.25) is 0 Å². The molecule has 0 bridgehead atoms. The second-order valence-corrected chi connectivity index (χ2v) is 4.07. The molecule has 0 saturated heterocycles. The summed E-state index contributed by atoms with van der Waals surface area (Å²) in [6, 6.07) is 6.13. The summed E-state index contributed by atoms with van der Waals surface area (Å²) in [4.78, 5) is 10.4. The first-order valence-corrected chi connectivity index (χ1v) is 5.72. The lowest BCUT2D eigenvalue weighted by Crippen LogP contribution is -2.16. The van der Waals surface area contributed by atoms with Gasteiger partial charge >= 0.3 is 5.69 Å². The van der Waals surface area contributed by atoms with Crippen LogP contribution in [0.1, 0.15) is 24.8 Å². The number of hydrogen-bond acceptors (Lipinski definition) is 4. The standard InChI is InChI=1S/C13H12N2O3/c14-9-10-6-7-13(12(8-10)15(16)17)18-11-4-2-1-3-5-11/h2,4,6-8,11H,1,3,5H2. The summed E-state index contributed by atoms with van der Waals surface area (Å²) in [5.41, 5.74) is 0.0984. The third-order valence-corrected chi connectivity index (χ3v) is 2.77. The van der Waals surface area contributed by atoms with Gasteiger partial charge in [0.15, 0.2) is 5.75 Å². The quantitative estimate of drug-likeness (QED) is 0.465. The summed E-state index contributed by atoms with van der Waals surface area (Å²) < 4.78 is 5.61. The molecule has 1 aromatic rings. The summed E-state index contributed by atoms with van der Waals surface area (Å²) in [5, 5.41) is 19.7. The van der Waals surface area contributed by atoms with Crippen molar-refractivity contribution in [2.24, 2.45) is 0 Å². The number of allylic oxidation sites excluding steroid dienone is 1. The average molecular weight is 244 g/mol. The molecule has 1 aliphatic rings. The fraction of sp³-hybridized carbons (Fsp3) is 0.308. The van der Waals surface area contributed by atoms with Gasteiger partial charge < -0.3 is 4.74 Å². The van der Waals surface area contributed by atoms with Crippen molar-refractivity contribution in [1.82, 2.24) is 0 Å². The Hall–Kier alpha value is -2.35. The van der Waals surface area contributed by atoms with Crippen molar-refractivity contribution in [3.8, 4) is 11.8 Å². The molecule has 0 amide bonds. The number of ether oxygens (including phenoxy) is 1. The Kier molecular flexibility index (Phi) is 3.58. The smallest absolute Gasteiger partial charge is 0.312 e. The van der Waals surface area contributed by atoms with Crippen LogP contribution < -0.4 is 4.74 Å². The van der Waals surface area contributed by atoms with E-state index in [1.54, 1.807) is 0 Å². The number of rotatable bonds is 3. The van der Waals surface area contributed by atoms with Gasteiger partial charge in [0.05, 0.1) is 16.6 Å². The van der Waals surface area contributed by atoms with Gasteiger partial charge in [-0.15, -0.1) is 0 Å². The van der Waals surface area contributed by atoms with Crippen LogP contribution in [-0.2, 0) is 0 Å². The van der Waals surface area contributed by atoms with Crippen molar-refractivity contribution < 1.29 is 9.66 Å². The first kappa shape index (κ1) is 12.1. The van der Waals surface area contributed by atoms with Gasteiger partial charge in [-0.2, -0.15) is 5.26 Å². The van der Waals surface area contributed by atoms with E-state index in [0.29, 0.717) is 0 Å². The molecule has 2 rings (SSSR count). The van der Waals surface area contributed by atoms with E-state index in [2.05, 4.69) is 0 Å². The monoisotopic (exact) mass is 244 g/mol. The lowest BCUT2D eigenvalue weighted by Gasteiger charge is -2.18. The Bertz CT molecular complexity index is 532. The van der Waals surface area contributed by atoms with Gasteiger partial charge in [-0.25, -0.2) is 0 Å². The molecular weight excluding hydrogens is 232 g/mol. The minimum absolute atomic E-state index is 0.120. The molecule has 1 atom stereocenters. The van der Waals surface area contributed by atoms with Crippen molar-refractivity contribution >= 4 is 5.69 Å². The average Bonchev–Trinajstić information content (AvgIpc) is 2.40. The molecular formula is C13H12N2O3. The van der Waals surface area contributed by atoms with E-state index in [9.17, 15) is 10.1 Å². The maximum atomic E-state index is 10.9. The summed E-state index contributed by atoms with van der Waals surface area (Å²) in [5.74, 6) is 0.218. The highest BCUT2D eigenvalue weighted by atomic mass is 16.6. The highest BCUT2D eigenvalue weighted by Crippen LogP contribution is 2.30. The number of nitro benzene ring substituents is 1. The lowest BCUT2D eigenvalue weighted by atomic mass is 10.1. The zero-order valence-corrected chi connectivity index (χ0v) is 9.70.